The minimum Gasteiger partial charge on any atom is -0.366 e. The van der Waals surface area contributed by atoms with Gasteiger partial charge in [0.1, 0.15) is 0 Å². The number of nitrogens with two attached hydrogens (primary N) is 1. The maximum Gasteiger partial charge on any atom is 0.241 e. The molecule has 0 aliphatic carbocycles. The molecule has 2 heteroatoms. The van der Waals surface area contributed by atoms with Crippen molar-refractivity contribution >= 4 is 5.91 Å². The van der Waals surface area contributed by atoms with Gasteiger partial charge in [0.25, 0.3) is 0 Å². The minimum atomic E-state index is -0.337. The van der Waals surface area contributed by atoms with Gasteiger partial charge in [-0.15, -0.1) is 0 Å². The van der Waals surface area contributed by atoms with Gasteiger partial charge < -0.3 is 5.73 Å². The minimum absolute atomic E-state index is 0.337. The van der Waals surface area contributed by atoms with E-state index < -0.39 is 0 Å². The Morgan fingerprint density at radius 3 is 1.42 bits per heavy atom. The molecule has 0 saturated carbocycles. The lowest BCUT2D eigenvalue weighted by Gasteiger charge is -2.00. The van der Waals surface area contributed by atoms with E-state index in [0.29, 0.717) is 0 Å². The number of hydrogen-bond donors (Lipinski definition) is 1. The van der Waals surface area contributed by atoms with Crippen LogP contribution in [-0.4, -0.2) is 5.91 Å². The Morgan fingerprint density at radius 1 is 0.625 bits per heavy atom. The van der Waals surface area contributed by atoms with E-state index in [1.54, 1.807) is 0 Å². The van der Waals surface area contributed by atoms with E-state index in [2.05, 4.69) is 19.1 Å². The average molecular weight is 336 g/mol. The van der Waals surface area contributed by atoms with Crippen LogP contribution in [0.2, 0.25) is 0 Å². The van der Waals surface area contributed by atoms with Crippen molar-refractivity contribution in [3.63, 3.8) is 0 Å². The molecule has 0 fully saturated rings. The van der Waals surface area contributed by atoms with E-state index >= 15 is 0 Å². The highest BCUT2D eigenvalue weighted by atomic mass is 16.1. The maximum atomic E-state index is 10.5. The molecule has 0 aromatic rings. The first-order valence-electron chi connectivity index (χ1n) is 10.4. The van der Waals surface area contributed by atoms with E-state index in [4.69, 9.17) is 5.73 Å². The molecule has 0 heterocycles. The number of allylic oxidation sites excluding steroid dienone is 3. The lowest BCUT2D eigenvalue weighted by atomic mass is 10.1. The second-order valence-corrected chi connectivity index (χ2v) is 6.88. The number of primary amides is 1. The van der Waals surface area contributed by atoms with Crippen molar-refractivity contribution in [3.05, 3.63) is 24.3 Å². The van der Waals surface area contributed by atoms with E-state index in [-0.39, 0.29) is 5.91 Å². The van der Waals surface area contributed by atoms with Crippen molar-refractivity contribution in [3.8, 4) is 0 Å². The molecule has 2 nitrogen and oxygen atoms in total. The highest BCUT2D eigenvalue weighted by Gasteiger charge is 1.92. The van der Waals surface area contributed by atoms with Gasteiger partial charge in [0.05, 0.1) is 0 Å². The first kappa shape index (κ1) is 22.9. The van der Waals surface area contributed by atoms with Crippen molar-refractivity contribution in [1.29, 1.82) is 0 Å². The van der Waals surface area contributed by atoms with Crippen molar-refractivity contribution < 1.29 is 4.79 Å². The highest BCUT2D eigenvalue weighted by molar-refractivity contribution is 5.85. The van der Waals surface area contributed by atoms with Gasteiger partial charge >= 0.3 is 0 Å². The molecule has 0 atom stereocenters. The highest BCUT2D eigenvalue weighted by Crippen LogP contribution is 2.11. The summed E-state index contributed by atoms with van der Waals surface area (Å²) in [6.07, 6.45) is 29.2. The molecule has 140 valence electrons. The number of carbonyl (C=O) groups is 1. The van der Waals surface area contributed by atoms with Crippen molar-refractivity contribution in [2.45, 2.75) is 110 Å². The SMILES string of the molecule is CCCCCCCCC=CCCCCCCCCCC=CC(N)=O. The summed E-state index contributed by atoms with van der Waals surface area (Å²) in [5.74, 6) is -0.337. The monoisotopic (exact) mass is 335 g/mol. The second kappa shape index (κ2) is 20.0. The van der Waals surface area contributed by atoms with Gasteiger partial charge in [-0.3, -0.25) is 4.79 Å². The Hall–Kier alpha value is -1.05. The molecule has 0 aliphatic rings. The third kappa shape index (κ3) is 20.9. The van der Waals surface area contributed by atoms with Crippen LogP contribution in [0.25, 0.3) is 0 Å². The average Bonchev–Trinajstić information content (AvgIpc) is 2.56. The molecule has 24 heavy (non-hydrogen) atoms. The molecular weight excluding hydrogens is 294 g/mol. The number of hydrogen-bond acceptors (Lipinski definition) is 1. The molecule has 0 spiro atoms. The summed E-state index contributed by atoms with van der Waals surface area (Å²) in [5.41, 5.74) is 5.04. The van der Waals surface area contributed by atoms with Gasteiger partial charge in [-0.2, -0.15) is 0 Å². The molecular formula is C22H41NO. The van der Waals surface area contributed by atoms with Gasteiger partial charge in [-0.05, 0) is 44.6 Å². The van der Waals surface area contributed by atoms with Crippen molar-refractivity contribution in [2.75, 3.05) is 0 Å². The predicted octanol–water partition coefficient (Wildman–Crippen LogP) is 6.85. The Balaban J connectivity index is 3.11. The number of rotatable bonds is 18. The first-order chi connectivity index (χ1) is 11.8. The molecule has 0 radical (unpaired) electrons. The number of unbranched alkanes of at least 4 members (excludes halogenated alkanes) is 14. The van der Waals surface area contributed by atoms with Crippen LogP contribution in [-0.2, 0) is 4.79 Å². The first-order valence-corrected chi connectivity index (χ1v) is 10.4. The molecule has 0 saturated heterocycles. The van der Waals surface area contributed by atoms with Crippen molar-refractivity contribution in [1.82, 2.24) is 0 Å². The predicted molar refractivity (Wildman–Crippen MR) is 107 cm³/mol. The topological polar surface area (TPSA) is 43.1 Å². The Labute approximate surface area is 151 Å². The standard InChI is InChI=1S/C22H41NO/c1-2-3-4-5-6-7-8-9-10-11-12-13-14-15-16-17-18-19-20-21-22(23)24/h9-10,20-21H,2-8,11-19H2,1H3,(H2,23,24). The summed E-state index contributed by atoms with van der Waals surface area (Å²) in [4.78, 5) is 10.5. The van der Waals surface area contributed by atoms with Crippen LogP contribution in [0, 0.1) is 0 Å². The van der Waals surface area contributed by atoms with Crippen LogP contribution in [0.4, 0.5) is 0 Å². The van der Waals surface area contributed by atoms with Gasteiger partial charge in [0.2, 0.25) is 5.91 Å². The van der Waals surface area contributed by atoms with Crippen LogP contribution >= 0.6 is 0 Å². The fourth-order valence-corrected chi connectivity index (χ4v) is 2.89. The van der Waals surface area contributed by atoms with Crippen LogP contribution in [0.1, 0.15) is 110 Å². The van der Waals surface area contributed by atoms with Gasteiger partial charge in [-0.1, -0.05) is 89.4 Å². The number of carbonyl (C=O) groups excluding carboxylic acids is 1. The molecule has 0 aromatic heterocycles. The van der Waals surface area contributed by atoms with Crippen LogP contribution in [0.3, 0.4) is 0 Å². The summed E-state index contributed by atoms with van der Waals surface area (Å²) in [5, 5.41) is 0. The molecule has 0 bridgehead atoms. The molecule has 0 unspecified atom stereocenters. The fraction of sp³-hybridized carbons (Fsp3) is 0.773. The van der Waals surface area contributed by atoms with E-state index in [0.717, 1.165) is 6.42 Å². The lowest BCUT2D eigenvalue weighted by Crippen LogP contribution is -2.05. The van der Waals surface area contributed by atoms with E-state index in [1.807, 2.05) is 6.08 Å². The van der Waals surface area contributed by atoms with Crippen LogP contribution in [0.15, 0.2) is 24.3 Å². The Morgan fingerprint density at radius 2 is 1.00 bits per heavy atom. The van der Waals surface area contributed by atoms with Crippen LogP contribution < -0.4 is 5.73 Å². The fourth-order valence-electron chi connectivity index (χ4n) is 2.89. The normalized spacial score (nSPS) is 11.7. The zero-order chi connectivity index (χ0) is 17.7. The van der Waals surface area contributed by atoms with Gasteiger partial charge in [-0.25, -0.2) is 0 Å². The third-order valence-electron chi connectivity index (χ3n) is 4.41. The van der Waals surface area contributed by atoms with Crippen LogP contribution in [0.5, 0.6) is 0 Å². The van der Waals surface area contributed by atoms with Crippen molar-refractivity contribution in [2.24, 2.45) is 5.73 Å². The second-order valence-electron chi connectivity index (χ2n) is 6.88. The molecule has 0 rings (SSSR count). The zero-order valence-corrected chi connectivity index (χ0v) is 16.1. The quantitative estimate of drug-likeness (QED) is 0.166. The third-order valence-corrected chi connectivity index (χ3v) is 4.41. The zero-order valence-electron chi connectivity index (χ0n) is 16.1. The number of amides is 1. The molecule has 1 amide bonds. The maximum absolute atomic E-state index is 10.5. The molecule has 2 N–H and O–H groups in total. The van der Waals surface area contributed by atoms with E-state index in [1.165, 1.54) is 102 Å². The summed E-state index contributed by atoms with van der Waals surface area (Å²) >= 11 is 0. The smallest absolute Gasteiger partial charge is 0.241 e. The summed E-state index contributed by atoms with van der Waals surface area (Å²) in [6, 6.07) is 0. The Bertz CT molecular complexity index is 320. The largest absolute Gasteiger partial charge is 0.366 e. The lowest BCUT2D eigenvalue weighted by molar-refractivity contribution is -0.113. The van der Waals surface area contributed by atoms with Gasteiger partial charge in [0.15, 0.2) is 0 Å². The molecule has 0 aromatic carbocycles. The van der Waals surface area contributed by atoms with Gasteiger partial charge in [0, 0.05) is 0 Å². The summed E-state index contributed by atoms with van der Waals surface area (Å²) < 4.78 is 0. The molecule has 0 aliphatic heterocycles. The summed E-state index contributed by atoms with van der Waals surface area (Å²) in [6.45, 7) is 2.27. The summed E-state index contributed by atoms with van der Waals surface area (Å²) in [7, 11) is 0. The Kier molecular flexibility index (Phi) is 19.1. The van der Waals surface area contributed by atoms with E-state index in [9.17, 15) is 4.79 Å².